The summed E-state index contributed by atoms with van der Waals surface area (Å²) in [5.74, 6) is -0.610. The number of nitrogens with one attached hydrogen (secondary N) is 2. The summed E-state index contributed by atoms with van der Waals surface area (Å²) in [6.45, 7) is -0.184. The van der Waals surface area contributed by atoms with Crippen molar-refractivity contribution >= 4 is 12.0 Å². The smallest absolute Gasteiger partial charge is 0.328 e. The van der Waals surface area contributed by atoms with Crippen LogP contribution in [0.5, 0.6) is 5.75 Å². The first-order valence-electron chi connectivity index (χ1n) is 5.69. The van der Waals surface area contributed by atoms with Crippen LogP contribution in [-0.4, -0.2) is 48.0 Å². The van der Waals surface area contributed by atoms with Crippen LogP contribution in [0.4, 0.5) is 4.79 Å². The number of rotatable bonds is 7. The molecule has 0 aromatic heterocycles. The number of para-hydroxylation sites is 1. The van der Waals surface area contributed by atoms with Crippen molar-refractivity contribution in [2.75, 3.05) is 19.8 Å². The Morgan fingerprint density at radius 1 is 1.26 bits per heavy atom. The minimum atomic E-state index is -1.31. The SMILES string of the molecule is O=C(NCCOc1ccccc1)N[C@@H](CO)C(=O)O. The van der Waals surface area contributed by atoms with E-state index in [0.29, 0.717) is 5.75 Å². The van der Waals surface area contributed by atoms with Crippen molar-refractivity contribution in [1.82, 2.24) is 10.6 Å². The van der Waals surface area contributed by atoms with Crippen molar-refractivity contribution in [3.8, 4) is 5.75 Å². The third-order valence-corrected chi connectivity index (χ3v) is 2.19. The van der Waals surface area contributed by atoms with E-state index in [1.807, 2.05) is 18.2 Å². The summed E-state index contributed by atoms with van der Waals surface area (Å²) in [4.78, 5) is 21.8. The van der Waals surface area contributed by atoms with Crippen molar-refractivity contribution < 1.29 is 24.5 Å². The van der Waals surface area contributed by atoms with Crippen LogP contribution in [0.1, 0.15) is 0 Å². The van der Waals surface area contributed by atoms with Crippen molar-refractivity contribution in [2.24, 2.45) is 0 Å². The van der Waals surface area contributed by atoms with Gasteiger partial charge in [0.2, 0.25) is 0 Å². The maximum Gasteiger partial charge on any atom is 0.328 e. The molecule has 19 heavy (non-hydrogen) atoms. The van der Waals surface area contributed by atoms with Crippen LogP contribution in [0.15, 0.2) is 30.3 Å². The fourth-order valence-corrected chi connectivity index (χ4v) is 1.24. The molecule has 2 amide bonds. The van der Waals surface area contributed by atoms with Crippen molar-refractivity contribution in [1.29, 1.82) is 0 Å². The first-order chi connectivity index (χ1) is 9.13. The van der Waals surface area contributed by atoms with Gasteiger partial charge in [-0.2, -0.15) is 0 Å². The number of aliphatic hydroxyl groups excluding tert-OH is 1. The van der Waals surface area contributed by atoms with E-state index in [1.165, 1.54) is 0 Å². The Bertz CT molecular complexity index is 410. The molecular weight excluding hydrogens is 252 g/mol. The van der Waals surface area contributed by atoms with Gasteiger partial charge in [-0.1, -0.05) is 18.2 Å². The molecule has 0 unspecified atom stereocenters. The maximum atomic E-state index is 11.3. The number of hydrogen-bond acceptors (Lipinski definition) is 4. The molecule has 7 nitrogen and oxygen atoms in total. The molecule has 0 aliphatic heterocycles. The Kier molecular flexibility index (Phi) is 6.17. The van der Waals surface area contributed by atoms with Crippen LogP contribution < -0.4 is 15.4 Å². The van der Waals surface area contributed by atoms with E-state index in [0.717, 1.165) is 0 Å². The van der Waals surface area contributed by atoms with Crippen LogP contribution >= 0.6 is 0 Å². The third kappa shape index (κ3) is 5.73. The van der Waals surface area contributed by atoms with E-state index in [1.54, 1.807) is 12.1 Å². The Labute approximate surface area is 110 Å². The summed E-state index contributed by atoms with van der Waals surface area (Å²) in [6, 6.07) is 7.11. The van der Waals surface area contributed by atoms with Crippen LogP contribution in [0.3, 0.4) is 0 Å². The van der Waals surface area contributed by atoms with Gasteiger partial charge in [0.15, 0.2) is 6.04 Å². The van der Waals surface area contributed by atoms with E-state index < -0.39 is 24.6 Å². The highest BCUT2D eigenvalue weighted by Crippen LogP contribution is 2.07. The summed E-state index contributed by atoms with van der Waals surface area (Å²) in [5, 5.41) is 21.9. The largest absolute Gasteiger partial charge is 0.492 e. The number of ether oxygens (including phenoxy) is 1. The van der Waals surface area contributed by atoms with Gasteiger partial charge in [-0.15, -0.1) is 0 Å². The number of carbonyl (C=O) groups excluding carboxylic acids is 1. The lowest BCUT2D eigenvalue weighted by Crippen LogP contribution is -2.48. The Morgan fingerprint density at radius 2 is 1.95 bits per heavy atom. The normalized spacial score (nSPS) is 11.4. The number of benzene rings is 1. The van der Waals surface area contributed by atoms with Crippen molar-refractivity contribution in [2.45, 2.75) is 6.04 Å². The predicted octanol–water partition coefficient (Wildman–Crippen LogP) is -0.190. The topological polar surface area (TPSA) is 108 Å². The number of hydrogen-bond donors (Lipinski definition) is 4. The maximum absolute atomic E-state index is 11.3. The molecule has 0 saturated carbocycles. The molecule has 0 radical (unpaired) electrons. The first-order valence-corrected chi connectivity index (χ1v) is 5.69. The number of carboxylic acids is 1. The van der Waals surface area contributed by atoms with Gasteiger partial charge in [0.05, 0.1) is 13.2 Å². The summed E-state index contributed by atoms with van der Waals surface area (Å²) in [7, 11) is 0. The summed E-state index contributed by atoms with van der Waals surface area (Å²) in [6.07, 6.45) is 0. The third-order valence-electron chi connectivity index (χ3n) is 2.19. The molecule has 7 heteroatoms. The fraction of sp³-hybridized carbons (Fsp3) is 0.333. The number of urea groups is 1. The number of amides is 2. The number of aliphatic carboxylic acids is 1. The molecule has 0 aliphatic carbocycles. The average molecular weight is 268 g/mol. The fourth-order valence-electron chi connectivity index (χ4n) is 1.24. The van der Waals surface area contributed by atoms with Gasteiger partial charge < -0.3 is 25.6 Å². The Balaban J connectivity index is 2.19. The van der Waals surface area contributed by atoms with Gasteiger partial charge in [0, 0.05) is 0 Å². The minimum Gasteiger partial charge on any atom is -0.492 e. The lowest BCUT2D eigenvalue weighted by molar-refractivity contribution is -0.140. The van der Waals surface area contributed by atoms with E-state index in [-0.39, 0.29) is 13.2 Å². The highest BCUT2D eigenvalue weighted by molar-refractivity contribution is 5.82. The Morgan fingerprint density at radius 3 is 2.53 bits per heavy atom. The molecule has 0 spiro atoms. The zero-order chi connectivity index (χ0) is 14.1. The van der Waals surface area contributed by atoms with E-state index >= 15 is 0 Å². The zero-order valence-corrected chi connectivity index (χ0v) is 10.2. The molecule has 4 N–H and O–H groups in total. The Hall–Kier alpha value is -2.28. The highest BCUT2D eigenvalue weighted by Gasteiger charge is 2.17. The minimum absolute atomic E-state index is 0.221. The van der Waals surface area contributed by atoms with Crippen molar-refractivity contribution in [3.63, 3.8) is 0 Å². The van der Waals surface area contributed by atoms with Crippen LogP contribution in [0, 0.1) is 0 Å². The lowest BCUT2D eigenvalue weighted by atomic mass is 10.3. The molecule has 0 fully saturated rings. The lowest BCUT2D eigenvalue weighted by Gasteiger charge is -2.12. The molecule has 0 saturated heterocycles. The molecule has 1 aromatic carbocycles. The summed E-state index contributed by atoms with van der Waals surface area (Å²) < 4.78 is 5.33. The van der Waals surface area contributed by atoms with Gasteiger partial charge in [0.1, 0.15) is 12.4 Å². The van der Waals surface area contributed by atoms with Gasteiger partial charge in [0.25, 0.3) is 0 Å². The van der Waals surface area contributed by atoms with Gasteiger partial charge in [-0.05, 0) is 12.1 Å². The molecule has 1 aromatic rings. The van der Waals surface area contributed by atoms with Crippen molar-refractivity contribution in [3.05, 3.63) is 30.3 Å². The molecular formula is C12H16N2O5. The molecule has 1 atom stereocenters. The second kappa shape index (κ2) is 7.93. The summed E-state index contributed by atoms with van der Waals surface area (Å²) in [5.41, 5.74) is 0. The van der Waals surface area contributed by atoms with E-state index in [4.69, 9.17) is 14.9 Å². The van der Waals surface area contributed by atoms with E-state index in [9.17, 15) is 9.59 Å². The second-order valence-electron chi connectivity index (χ2n) is 3.64. The number of carbonyl (C=O) groups is 2. The second-order valence-corrected chi connectivity index (χ2v) is 3.64. The highest BCUT2D eigenvalue weighted by atomic mass is 16.5. The average Bonchev–Trinajstić information content (AvgIpc) is 2.42. The van der Waals surface area contributed by atoms with E-state index in [2.05, 4.69) is 10.6 Å². The standard InChI is InChI=1S/C12H16N2O5/c15-8-10(11(16)17)14-12(18)13-6-7-19-9-4-2-1-3-5-9/h1-5,10,15H,6-8H2,(H,16,17)(H2,13,14,18)/t10-/m0/s1. The predicted molar refractivity (Wildman–Crippen MR) is 67.0 cm³/mol. The van der Waals surface area contributed by atoms with Gasteiger partial charge >= 0.3 is 12.0 Å². The van der Waals surface area contributed by atoms with Gasteiger partial charge in [-0.25, -0.2) is 9.59 Å². The van der Waals surface area contributed by atoms with Crippen LogP contribution in [-0.2, 0) is 4.79 Å². The van der Waals surface area contributed by atoms with Crippen LogP contribution in [0.25, 0.3) is 0 Å². The number of aliphatic hydroxyl groups is 1. The first kappa shape index (κ1) is 14.8. The molecule has 0 heterocycles. The zero-order valence-electron chi connectivity index (χ0n) is 10.2. The molecule has 0 aliphatic rings. The number of carboxylic acid groups (broad SMARTS) is 1. The molecule has 0 bridgehead atoms. The quantitative estimate of drug-likeness (QED) is 0.513. The van der Waals surface area contributed by atoms with Gasteiger partial charge in [-0.3, -0.25) is 0 Å². The molecule has 1 rings (SSSR count). The van der Waals surface area contributed by atoms with Crippen LogP contribution in [0.2, 0.25) is 0 Å². The monoisotopic (exact) mass is 268 g/mol. The molecule has 104 valence electrons. The summed E-state index contributed by atoms with van der Waals surface area (Å²) >= 11 is 0.